The van der Waals surface area contributed by atoms with Crippen molar-refractivity contribution in [1.82, 2.24) is 0 Å². The monoisotopic (exact) mass is 166 g/mol. The maximum absolute atomic E-state index is 2.48. The van der Waals surface area contributed by atoms with Crippen LogP contribution in [0, 0.1) is 35.5 Å². The van der Waals surface area contributed by atoms with Crippen LogP contribution >= 0.6 is 0 Å². The second-order valence-corrected chi connectivity index (χ2v) is 5.48. The molecule has 0 aromatic heterocycles. The summed E-state index contributed by atoms with van der Waals surface area (Å²) in [4.78, 5) is 0. The van der Waals surface area contributed by atoms with Gasteiger partial charge in [-0.2, -0.15) is 0 Å². The molecule has 0 aromatic rings. The van der Waals surface area contributed by atoms with Crippen LogP contribution in [0.25, 0.3) is 0 Å². The molecule has 0 saturated heterocycles. The van der Waals surface area contributed by atoms with Gasteiger partial charge in [-0.15, -0.1) is 0 Å². The van der Waals surface area contributed by atoms with Gasteiger partial charge in [0.1, 0.15) is 0 Å². The van der Waals surface area contributed by atoms with Gasteiger partial charge < -0.3 is 0 Å². The summed E-state index contributed by atoms with van der Waals surface area (Å²) in [5, 5.41) is 0. The third-order valence-corrected chi connectivity index (χ3v) is 4.90. The van der Waals surface area contributed by atoms with E-state index in [4.69, 9.17) is 0 Å². The number of fused-ring (bicyclic) bond motifs is 1. The van der Waals surface area contributed by atoms with Gasteiger partial charge in [-0.3, -0.25) is 0 Å². The van der Waals surface area contributed by atoms with E-state index in [0.29, 0.717) is 0 Å². The van der Waals surface area contributed by atoms with E-state index >= 15 is 0 Å². The molecular formula is C12H22. The SMILES string of the molecule is CC1CC2CC(C)C(C)C2C1C. The molecule has 0 N–H and O–H groups in total. The molecule has 4 unspecified atom stereocenters. The quantitative estimate of drug-likeness (QED) is 0.516. The summed E-state index contributed by atoms with van der Waals surface area (Å²) < 4.78 is 0. The molecule has 0 aliphatic heterocycles. The Hall–Kier alpha value is 0. The van der Waals surface area contributed by atoms with Gasteiger partial charge in [-0.25, -0.2) is 0 Å². The first-order chi connectivity index (χ1) is 5.61. The maximum atomic E-state index is 2.48. The van der Waals surface area contributed by atoms with E-state index in [0.717, 1.165) is 35.5 Å². The van der Waals surface area contributed by atoms with E-state index in [1.165, 1.54) is 12.8 Å². The molecule has 2 aliphatic rings. The molecule has 70 valence electrons. The van der Waals surface area contributed by atoms with Crippen LogP contribution in [0.4, 0.5) is 0 Å². The van der Waals surface area contributed by atoms with Crippen molar-refractivity contribution in [2.24, 2.45) is 35.5 Å². The first kappa shape index (κ1) is 8.59. The van der Waals surface area contributed by atoms with Gasteiger partial charge >= 0.3 is 0 Å². The second kappa shape index (κ2) is 2.75. The highest BCUT2D eigenvalue weighted by molar-refractivity contribution is 4.96. The van der Waals surface area contributed by atoms with Crippen molar-refractivity contribution < 1.29 is 0 Å². The molecule has 0 spiro atoms. The Bertz CT molecular complexity index is 155. The molecule has 0 heterocycles. The van der Waals surface area contributed by atoms with Gasteiger partial charge in [0.2, 0.25) is 0 Å². The molecule has 2 rings (SSSR count). The van der Waals surface area contributed by atoms with E-state index < -0.39 is 0 Å². The van der Waals surface area contributed by atoms with Crippen molar-refractivity contribution in [3.63, 3.8) is 0 Å². The zero-order valence-electron chi connectivity index (χ0n) is 8.88. The van der Waals surface area contributed by atoms with Crippen LogP contribution < -0.4 is 0 Å². The zero-order chi connectivity index (χ0) is 8.88. The van der Waals surface area contributed by atoms with Gasteiger partial charge in [-0.05, 0) is 48.3 Å². The lowest BCUT2D eigenvalue weighted by Gasteiger charge is -2.23. The van der Waals surface area contributed by atoms with E-state index in [2.05, 4.69) is 27.7 Å². The van der Waals surface area contributed by atoms with Gasteiger partial charge in [0.25, 0.3) is 0 Å². The van der Waals surface area contributed by atoms with E-state index in [-0.39, 0.29) is 0 Å². The second-order valence-electron chi connectivity index (χ2n) is 5.48. The number of hydrogen-bond donors (Lipinski definition) is 0. The van der Waals surface area contributed by atoms with Gasteiger partial charge in [-0.1, -0.05) is 27.7 Å². The molecule has 0 aromatic carbocycles. The minimum atomic E-state index is 0.995. The van der Waals surface area contributed by atoms with Gasteiger partial charge in [0.15, 0.2) is 0 Å². The van der Waals surface area contributed by atoms with E-state index in [1.807, 2.05) is 0 Å². The lowest BCUT2D eigenvalue weighted by molar-refractivity contribution is 0.252. The molecule has 0 amide bonds. The first-order valence-corrected chi connectivity index (χ1v) is 5.61. The molecule has 0 bridgehead atoms. The van der Waals surface area contributed by atoms with Crippen molar-refractivity contribution in [2.45, 2.75) is 40.5 Å². The molecule has 12 heavy (non-hydrogen) atoms. The fourth-order valence-corrected chi connectivity index (χ4v) is 3.89. The summed E-state index contributed by atoms with van der Waals surface area (Å²) >= 11 is 0. The largest absolute Gasteiger partial charge is 0.0622 e. The van der Waals surface area contributed by atoms with Crippen molar-refractivity contribution in [3.8, 4) is 0 Å². The van der Waals surface area contributed by atoms with E-state index in [1.54, 1.807) is 0 Å². The third kappa shape index (κ3) is 1.03. The zero-order valence-corrected chi connectivity index (χ0v) is 8.88. The van der Waals surface area contributed by atoms with E-state index in [9.17, 15) is 0 Å². The summed E-state index contributed by atoms with van der Waals surface area (Å²) in [5.41, 5.74) is 0. The number of hydrogen-bond acceptors (Lipinski definition) is 0. The Labute approximate surface area is 76.7 Å². The summed E-state index contributed by atoms with van der Waals surface area (Å²) in [5.74, 6) is 6.13. The Morgan fingerprint density at radius 2 is 1.17 bits per heavy atom. The molecular weight excluding hydrogens is 144 g/mol. The summed E-state index contributed by atoms with van der Waals surface area (Å²) in [6.07, 6.45) is 3.03. The Kier molecular flexibility index (Phi) is 1.97. The highest BCUT2D eigenvalue weighted by atomic mass is 14.5. The van der Waals surface area contributed by atoms with Crippen LogP contribution in [0.5, 0.6) is 0 Å². The van der Waals surface area contributed by atoms with Gasteiger partial charge in [0, 0.05) is 0 Å². The summed E-state index contributed by atoms with van der Waals surface area (Å²) in [6, 6.07) is 0. The highest BCUT2D eigenvalue weighted by Gasteiger charge is 2.47. The average Bonchev–Trinajstić information content (AvgIpc) is 2.40. The molecule has 2 aliphatic carbocycles. The van der Waals surface area contributed by atoms with Crippen molar-refractivity contribution >= 4 is 0 Å². The van der Waals surface area contributed by atoms with Crippen LogP contribution in [-0.4, -0.2) is 0 Å². The molecule has 2 saturated carbocycles. The van der Waals surface area contributed by atoms with Crippen LogP contribution in [0.15, 0.2) is 0 Å². The van der Waals surface area contributed by atoms with Crippen molar-refractivity contribution in [3.05, 3.63) is 0 Å². The lowest BCUT2D eigenvalue weighted by atomic mass is 9.82. The van der Waals surface area contributed by atoms with Crippen LogP contribution in [0.3, 0.4) is 0 Å². The third-order valence-electron chi connectivity index (χ3n) is 4.90. The predicted octanol–water partition coefficient (Wildman–Crippen LogP) is 3.57. The Morgan fingerprint density at radius 1 is 0.750 bits per heavy atom. The topological polar surface area (TPSA) is 0 Å². The lowest BCUT2D eigenvalue weighted by Crippen LogP contribution is -2.17. The molecule has 0 nitrogen and oxygen atoms in total. The summed E-state index contributed by atoms with van der Waals surface area (Å²) in [6.45, 7) is 9.84. The van der Waals surface area contributed by atoms with Crippen LogP contribution in [0.2, 0.25) is 0 Å². The standard InChI is InChI=1S/C12H22/c1-7-5-11-6-8(2)10(4)12(11)9(7)3/h7-12H,5-6H2,1-4H3. The minimum absolute atomic E-state index is 0.995. The molecule has 0 heteroatoms. The normalized spacial score (nSPS) is 59.0. The van der Waals surface area contributed by atoms with Crippen LogP contribution in [-0.2, 0) is 0 Å². The number of rotatable bonds is 0. The fraction of sp³-hybridized carbons (Fsp3) is 1.00. The summed E-state index contributed by atoms with van der Waals surface area (Å²) in [7, 11) is 0. The van der Waals surface area contributed by atoms with Gasteiger partial charge in [0.05, 0.1) is 0 Å². The average molecular weight is 166 g/mol. The Morgan fingerprint density at radius 3 is 1.50 bits per heavy atom. The maximum Gasteiger partial charge on any atom is -0.0329 e. The minimum Gasteiger partial charge on any atom is -0.0622 e. The Balaban J connectivity index is 2.15. The highest BCUT2D eigenvalue weighted by Crippen LogP contribution is 2.54. The molecule has 4 atom stereocenters. The van der Waals surface area contributed by atoms with Crippen molar-refractivity contribution in [1.29, 1.82) is 0 Å². The fourth-order valence-electron chi connectivity index (χ4n) is 3.89. The molecule has 2 fully saturated rings. The first-order valence-electron chi connectivity index (χ1n) is 5.61. The smallest absolute Gasteiger partial charge is 0.0329 e. The van der Waals surface area contributed by atoms with Crippen molar-refractivity contribution in [2.75, 3.05) is 0 Å². The predicted molar refractivity (Wildman–Crippen MR) is 52.9 cm³/mol. The molecule has 0 radical (unpaired) electrons. The van der Waals surface area contributed by atoms with Crippen LogP contribution in [0.1, 0.15) is 40.5 Å².